The third kappa shape index (κ3) is 3.34. The molecule has 1 aromatic carbocycles. The number of nitrogens with one attached hydrogen (secondary N) is 1. The van der Waals surface area contributed by atoms with Crippen molar-refractivity contribution < 1.29 is 9.15 Å². The largest absolute Gasteiger partial charge is 0.452 e. The second-order valence-electron chi connectivity index (χ2n) is 7.93. The third-order valence-corrected chi connectivity index (χ3v) is 5.72. The number of morpholine rings is 1. The van der Waals surface area contributed by atoms with Crippen LogP contribution >= 0.6 is 0 Å². The van der Waals surface area contributed by atoms with E-state index < -0.39 is 0 Å². The lowest BCUT2D eigenvalue weighted by Gasteiger charge is -2.28. The van der Waals surface area contributed by atoms with Crippen molar-refractivity contribution in [2.45, 2.75) is 6.92 Å². The third-order valence-electron chi connectivity index (χ3n) is 5.72. The van der Waals surface area contributed by atoms with E-state index in [1.54, 1.807) is 6.20 Å². The van der Waals surface area contributed by atoms with Gasteiger partial charge in [-0.2, -0.15) is 10.2 Å². The molecule has 32 heavy (non-hydrogen) atoms. The zero-order valence-corrected chi connectivity index (χ0v) is 17.7. The lowest BCUT2D eigenvalue weighted by atomic mass is 10.1. The highest BCUT2D eigenvalue weighted by molar-refractivity contribution is 5.91. The van der Waals surface area contributed by atoms with E-state index in [1.165, 1.54) is 5.56 Å². The average molecular weight is 426 g/mol. The first-order valence-electron chi connectivity index (χ1n) is 10.6. The van der Waals surface area contributed by atoms with Crippen molar-refractivity contribution in [2.75, 3.05) is 31.2 Å². The molecule has 0 aliphatic carbocycles. The van der Waals surface area contributed by atoms with E-state index >= 15 is 0 Å². The quantitative estimate of drug-likeness (QED) is 0.463. The van der Waals surface area contributed by atoms with Gasteiger partial charge >= 0.3 is 0 Å². The average Bonchev–Trinajstić information content (AvgIpc) is 3.59. The summed E-state index contributed by atoms with van der Waals surface area (Å²) in [6.45, 7) is 5.06. The molecule has 4 aromatic heterocycles. The summed E-state index contributed by atoms with van der Waals surface area (Å²) in [6.07, 6.45) is 5.51. The molecule has 8 heteroatoms. The molecule has 0 saturated carbocycles. The van der Waals surface area contributed by atoms with E-state index in [4.69, 9.17) is 19.2 Å². The Labute approximate surface area is 184 Å². The number of benzene rings is 1. The first-order valence-corrected chi connectivity index (χ1v) is 10.6. The minimum atomic E-state index is 0.688. The van der Waals surface area contributed by atoms with Crippen molar-refractivity contribution in [3.8, 4) is 28.4 Å². The highest BCUT2D eigenvalue weighted by Crippen LogP contribution is 2.34. The van der Waals surface area contributed by atoms with Crippen molar-refractivity contribution in [1.82, 2.24) is 25.0 Å². The Kier molecular flexibility index (Phi) is 4.50. The van der Waals surface area contributed by atoms with Gasteiger partial charge in [-0.3, -0.25) is 5.10 Å². The summed E-state index contributed by atoms with van der Waals surface area (Å²) in [5, 5.41) is 11.7. The van der Waals surface area contributed by atoms with Gasteiger partial charge in [-0.25, -0.2) is 9.67 Å². The van der Waals surface area contributed by atoms with Gasteiger partial charge in [0.05, 0.1) is 36.4 Å². The smallest absolute Gasteiger partial charge is 0.176 e. The number of furan rings is 1. The molecule has 5 aromatic rings. The second-order valence-corrected chi connectivity index (χ2v) is 7.93. The molecule has 0 amide bonds. The summed E-state index contributed by atoms with van der Waals surface area (Å²) in [4.78, 5) is 7.16. The number of ether oxygens (including phenoxy) is 1. The lowest BCUT2D eigenvalue weighted by molar-refractivity contribution is 0.122. The Hall–Kier alpha value is -3.91. The fourth-order valence-corrected chi connectivity index (χ4v) is 4.09. The number of aromatic amines is 1. The maximum Gasteiger partial charge on any atom is 0.176 e. The van der Waals surface area contributed by atoms with E-state index in [0.717, 1.165) is 58.3 Å². The SMILES string of the molecule is Cc1cccc(-c2ccn(-c3cc(N4CCOCC4)c4oc(-c5cn[nH]c5)cc4n3)n2)c1. The van der Waals surface area contributed by atoms with Crippen molar-refractivity contribution >= 4 is 16.8 Å². The predicted octanol–water partition coefficient (Wildman–Crippen LogP) is 4.22. The molecule has 1 fully saturated rings. The molecule has 160 valence electrons. The number of H-pyrrole nitrogens is 1. The fourth-order valence-electron chi connectivity index (χ4n) is 4.09. The van der Waals surface area contributed by atoms with Gasteiger partial charge in [0.15, 0.2) is 11.4 Å². The van der Waals surface area contributed by atoms with Crippen LogP contribution in [0.25, 0.3) is 39.5 Å². The molecule has 1 N–H and O–H groups in total. The van der Waals surface area contributed by atoms with Crippen molar-refractivity contribution in [3.63, 3.8) is 0 Å². The van der Waals surface area contributed by atoms with E-state index in [1.807, 2.05) is 41.3 Å². The molecule has 8 nitrogen and oxygen atoms in total. The number of fused-ring (bicyclic) bond motifs is 1. The molecular formula is C24H22N6O2. The van der Waals surface area contributed by atoms with Gasteiger partial charge in [-0.1, -0.05) is 23.8 Å². The van der Waals surface area contributed by atoms with Gasteiger partial charge in [-0.05, 0) is 19.1 Å². The minimum Gasteiger partial charge on any atom is -0.452 e. The van der Waals surface area contributed by atoms with Gasteiger partial charge in [-0.15, -0.1) is 0 Å². The van der Waals surface area contributed by atoms with Gasteiger partial charge in [0.1, 0.15) is 11.3 Å². The van der Waals surface area contributed by atoms with Crippen molar-refractivity contribution in [3.05, 3.63) is 66.6 Å². The van der Waals surface area contributed by atoms with Crippen LogP contribution in [0.2, 0.25) is 0 Å². The topological polar surface area (TPSA) is 85.0 Å². The molecule has 1 aliphatic heterocycles. The van der Waals surface area contributed by atoms with E-state index in [0.29, 0.717) is 13.2 Å². The van der Waals surface area contributed by atoms with E-state index in [2.05, 4.69) is 40.2 Å². The summed E-state index contributed by atoms with van der Waals surface area (Å²) >= 11 is 0. The highest BCUT2D eigenvalue weighted by Gasteiger charge is 2.21. The fraction of sp³-hybridized carbons (Fsp3) is 0.208. The normalized spacial score (nSPS) is 14.3. The number of aromatic nitrogens is 5. The summed E-state index contributed by atoms with van der Waals surface area (Å²) in [7, 11) is 0. The van der Waals surface area contributed by atoms with Crippen molar-refractivity contribution in [1.29, 1.82) is 0 Å². The number of aryl methyl sites for hydroxylation is 1. The molecule has 5 heterocycles. The van der Waals surface area contributed by atoms with Gasteiger partial charge in [0.2, 0.25) is 0 Å². The standard InChI is InChI=1S/C24H22N6O2/c1-16-3-2-4-17(11-16)19-5-6-30(28-19)23-13-21(29-7-9-31-10-8-29)24-20(27-23)12-22(32-24)18-14-25-26-15-18/h2-6,11-15H,7-10H2,1H3,(H,25,26). The zero-order chi connectivity index (χ0) is 21.5. The number of rotatable bonds is 4. The molecule has 1 aliphatic rings. The first-order chi connectivity index (χ1) is 15.7. The van der Waals surface area contributed by atoms with Crippen LogP contribution in [0.1, 0.15) is 5.56 Å². The summed E-state index contributed by atoms with van der Waals surface area (Å²) < 4.78 is 13.6. The molecule has 0 radical (unpaired) electrons. The van der Waals surface area contributed by atoms with E-state index in [9.17, 15) is 0 Å². The van der Waals surface area contributed by atoms with Crippen LogP contribution < -0.4 is 4.90 Å². The Morgan fingerprint density at radius 1 is 1.03 bits per heavy atom. The molecule has 0 spiro atoms. The number of hydrogen-bond donors (Lipinski definition) is 1. The summed E-state index contributed by atoms with van der Waals surface area (Å²) in [5.74, 6) is 1.48. The minimum absolute atomic E-state index is 0.688. The van der Waals surface area contributed by atoms with Crippen LogP contribution in [0.3, 0.4) is 0 Å². The van der Waals surface area contributed by atoms with Crippen LogP contribution in [0.5, 0.6) is 0 Å². The van der Waals surface area contributed by atoms with Gasteiger partial charge in [0.25, 0.3) is 0 Å². The summed E-state index contributed by atoms with van der Waals surface area (Å²) in [6, 6.07) is 14.4. The maximum atomic E-state index is 6.24. The maximum absolute atomic E-state index is 6.24. The van der Waals surface area contributed by atoms with Crippen LogP contribution in [0.15, 0.2) is 65.5 Å². The second kappa shape index (κ2) is 7.65. The molecule has 0 atom stereocenters. The van der Waals surface area contributed by atoms with E-state index in [-0.39, 0.29) is 0 Å². The predicted molar refractivity (Wildman–Crippen MR) is 122 cm³/mol. The van der Waals surface area contributed by atoms with Crippen molar-refractivity contribution in [2.24, 2.45) is 0 Å². The zero-order valence-electron chi connectivity index (χ0n) is 17.7. The lowest BCUT2D eigenvalue weighted by Crippen LogP contribution is -2.36. The Morgan fingerprint density at radius 3 is 2.75 bits per heavy atom. The summed E-state index contributed by atoms with van der Waals surface area (Å²) in [5.41, 5.74) is 6.63. The van der Waals surface area contributed by atoms with Crippen LogP contribution in [-0.4, -0.2) is 51.3 Å². The number of nitrogens with zero attached hydrogens (tertiary/aromatic N) is 5. The molecule has 1 saturated heterocycles. The Bertz CT molecular complexity index is 1380. The van der Waals surface area contributed by atoms with Crippen LogP contribution in [0, 0.1) is 6.92 Å². The van der Waals surface area contributed by atoms with Gasteiger partial charge < -0.3 is 14.1 Å². The first kappa shape index (κ1) is 18.8. The Morgan fingerprint density at radius 2 is 1.94 bits per heavy atom. The number of pyridine rings is 1. The molecule has 6 rings (SSSR count). The molecule has 0 bridgehead atoms. The molecular weight excluding hydrogens is 404 g/mol. The molecule has 0 unspecified atom stereocenters. The Balaban J connectivity index is 1.47. The van der Waals surface area contributed by atoms with Crippen LogP contribution in [-0.2, 0) is 4.74 Å². The highest BCUT2D eigenvalue weighted by atomic mass is 16.5. The number of hydrogen-bond acceptors (Lipinski definition) is 6. The number of anilines is 1. The van der Waals surface area contributed by atoms with Gasteiger partial charge in [0, 0.05) is 43.2 Å². The monoisotopic (exact) mass is 426 g/mol. The van der Waals surface area contributed by atoms with Crippen LogP contribution in [0.4, 0.5) is 5.69 Å².